The average Bonchev–Trinajstić information content (AvgIpc) is 2.27. The first kappa shape index (κ1) is 15.6. The molecule has 106 valence electrons. The summed E-state index contributed by atoms with van der Waals surface area (Å²) in [6, 6.07) is 3.46. The summed E-state index contributed by atoms with van der Waals surface area (Å²) in [5, 5.41) is 2.63. The second-order valence-electron chi connectivity index (χ2n) is 4.13. The number of hydrogen-bond donors (Lipinski definition) is 2. The molecule has 0 saturated heterocycles. The summed E-state index contributed by atoms with van der Waals surface area (Å²) in [6.07, 6.45) is 0. The van der Waals surface area contributed by atoms with E-state index in [0.717, 1.165) is 12.1 Å². The van der Waals surface area contributed by atoms with E-state index in [-0.39, 0.29) is 28.3 Å². The van der Waals surface area contributed by atoms with Crippen LogP contribution < -0.4 is 11.1 Å². The van der Waals surface area contributed by atoms with E-state index in [1.54, 1.807) is 6.92 Å². The molecular formula is C12H17FN2O3S. The molecule has 0 radical (unpaired) electrons. The second-order valence-corrected chi connectivity index (χ2v) is 5.59. The van der Waals surface area contributed by atoms with Crippen LogP contribution in [0.3, 0.4) is 0 Å². The molecule has 2 unspecified atom stereocenters. The fourth-order valence-electron chi connectivity index (χ4n) is 1.53. The molecule has 3 N–H and O–H groups in total. The highest BCUT2D eigenvalue weighted by atomic mass is 32.2. The van der Waals surface area contributed by atoms with Crippen LogP contribution in [0.5, 0.6) is 0 Å². The van der Waals surface area contributed by atoms with Gasteiger partial charge in [-0.3, -0.25) is 9.00 Å². The molecule has 0 aromatic heterocycles. The van der Waals surface area contributed by atoms with Crippen molar-refractivity contribution >= 4 is 22.4 Å². The van der Waals surface area contributed by atoms with E-state index in [1.165, 1.54) is 13.2 Å². The highest BCUT2D eigenvalue weighted by molar-refractivity contribution is 7.85. The predicted octanol–water partition coefficient (Wildman–Crippen LogP) is 0.667. The van der Waals surface area contributed by atoms with Crippen molar-refractivity contribution in [3.63, 3.8) is 0 Å². The fraction of sp³-hybridized carbons (Fsp3) is 0.417. The van der Waals surface area contributed by atoms with Gasteiger partial charge in [0, 0.05) is 23.7 Å². The Balaban J connectivity index is 2.61. The highest BCUT2D eigenvalue weighted by Crippen LogP contribution is 2.14. The summed E-state index contributed by atoms with van der Waals surface area (Å²) in [4.78, 5) is 11.8. The minimum atomic E-state index is -1.63. The number of nitrogens with two attached hydrogens (primary N) is 1. The molecular weight excluding hydrogens is 271 g/mol. The van der Waals surface area contributed by atoms with Gasteiger partial charge in [-0.15, -0.1) is 0 Å². The lowest BCUT2D eigenvalue weighted by atomic mass is 10.3. The summed E-state index contributed by atoms with van der Waals surface area (Å²) >= 11 is 0. The van der Waals surface area contributed by atoms with Gasteiger partial charge < -0.3 is 15.8 Å². The second kappa shape index (κ2) is 7.20. The number of ether oxygens (including phenoxy) is 1. The minimum absolute atomic E-state index is 0.174. The van der Waals surface area contributed by atoms with E-state index in [0.29, 0.717) is 6.61 Å². The molecule has 7 heteroatoms. The number of halogens is 1. The Morgan fingerprint density at radius 2 is 2.21 bits per heavy atom. The molecule has 0 saturated carbocycles. The van der Waals surface area contributed by atoms with Crippen molar-refractivity contribution in [2.24, 2.45) is 0 Å². The maximum atomic E-state index is 13.1. The van der Waals surface area contributed by atoms with Crippen LogP contribution >= 0.6 is 0 Å². The molecule has 19 heavy (non-hydrogen) atoms. The number of rotatable bonds is 6. The molecule has 1 aromatic rings. The molecule has 0 aliphatic rings. The third kappa shape index (κ3) is 5.35. The predicted molar refractivity (Wildman–Crippen MR) is 71.6 cm³/mol. The van der Waals surface area contributed by atoms with Gasteiger partial charge in [0.05, 0.1) is 17.4 Å². The van der Waals surface area contributed by atoms with Gasteiger partial charge in [-0.25, -0.2) is 4.39 Å². The van der Waals surface area contributed by atoms with Crippen LogP contribution in [0.2, 0.25) is 0 Å². The summed E-state index contributed by atoms with van der Waals surface area (Å²) < 4.78 is 29.9. The summed E-state index contributed by atoms with van der Waals surface area (Å²) in [5.74, 6) is -1.20. The SMILES string of the molecule is COCC(C)NC(=O)CS(=O)c1cc(N)cc(F)c1. The van der Waals surface area contributed by atoms with E-state index in [4.69, 9.17) is 10.5 Å². The van der Waals surface area contributed by atoms with Gasteiger partial charge in [0.15, 0.2) is 0 Å². The van der Waals surface area contributed by atoms with Gasteiger partial charge in [-0.05, 0) is 25.1 Å². The zero-order valence-electron chi connectivity index (χ0n) is 10.8. The number of methoxy groups -OCH3 is 1. The normalized spacial score (nSPS) is 13.8. The topological polar surface area (TPSA) is 81.4 Å². The Bertz CT molecular complexity index is 462. The fourth-order valence-corrected chi connectivity index (χ4v) is 2.53. The smallest absolute Gasteiger partial charge is 0.233 e. The van der Waals surface area contributed by atoms with Gasteiger partial charge in [0.25, 0.3) is 0 Å². The maximum absolute atomic E-state index is 13.1. The van der Waals surface area contributed by atoms with Crippen LogP contribution in [0, 0.1) is 5.82 Å². The van der Waals surface area contributed by atoms with Crippen molar-refractivity contribution in [1.82, 2.24) is 5.32 Å². The van der Waals surface area contributed by atoms with Crippen molar-refractivity contribution < 1.29 is 18.1 Å². The van der Waals surface area contributed by atoms with E-state index < -0.39 is 16.6 Å². The molecule has 1 aromatic carbocycles. The Kier molecular flexibility index (Phi) is 5.91. The van der Waals surface area contributed by atoms with Crippen molar-refractivity contribution in [1.29, 1.82) is 0 Å². The Morgan fingerprint density at radius 3 is 2.79 bits per heavy atom. The van der Waals surface area contributed by atoms with Crippen LogP contribution in [0.1, 0.15) is 6.92 Å². The first-order valence-electron chi connectivity index (χ1n) is 5.65. The molecule has 2 atom stereocenters. The molecule has 1 amide bonds. The van der Waals surface area contributed by atoms with Crippen LogP contribution in [0.15, 0.2) is 23.1 Å². The summed E-state index contributed by atoms with van der Waals surface area (Å²) in [6.45, 7) is 2.13. The van der Waals surface area contributed by atoms with Crippen molar-refractivity contribution in [3.8, 4) is 0 Å². The van der Waals surface area contributed by atoms with Crippen LogP contribution in [0.25, 0.3) is 0 Å². The van der Waals surface area contributed by atoms with Crippen LogP contribution in [0.4, 0.5) is 10.1 Å². The quantitative estimate of drug-likeness (QED) is 0.754. The molecule has 0 spiro atoms. The molecule has 0 bridgehead atoms. The lowest BCUT2D eigenvalue weighted by Gasteiger charge is -2.12. The summed E-state index contributed by atoms with van der Waals surface area (Å²) in [5.41, 5.74) is 5.63. The third-order valence-electron chi connectivity index (χ3n) is 2.24. The van der Waals surface area contributed by atoms with E-state index >= 15 is 0 Å². The number of carbonyl (C=O) groups is 1. The number of carbonyl (C=O) groups excluding carboxylic acids is 1. The Hall–Kier alpha value is -1.47. The zero-order valence-corrected chi connectivity index (χ0v) is 11.6. The van der Waals surface area contributed by atoms with Gasteiger partial charge in [-0.2, -0.15) is 0 Å². The molecule has 0 heterocycles. The third-order valence-corrected chi connectivity index (χ3v) is 3.53. The standard InChI is InChI=1S/C12H17FN2O3S/c1-8(6-18-2)15-12(16)7-19(17)11-4-9(13)3-10(14)5-11/h3-5,8H,6-7,14H2,1-2H3,(H,15,16). The van der Waals surface area contributed by atoms with Gasteiger partial charge in [0.1, 0.15) is 11.6 Å². The number of benzene rings is 1. The largest absolute Gasteiger partial charge is 0.399 e. The Morgan fingerprint density at radius 1 is 1.53 bits per heavy atom. The summed E-state index contributed by atoms with van der Waals surface area (Å²) in [7, 11) is -0.103. The zero-order chi connectivity index (χ0) is 14.4. The van der Waals surface area contributed by atoms with Gasteiger partial charge >= 0.3 is 0 Å². The van der Waals surface area contributed by atoms with Gasteiger partial charge in [0.2, 0.25) is 5.91 Å². The molecule has 5 nitrogen and oxygen atoms in total. The van der Waals surface area contributed by atoms with Crippen LogP contribution in [-0.4, -0.2) is 35.6 Å². The van der Waals surface area contributed by atoms with Crippen molar-refractivity contribution in [3.05, 3.63) is 24.0 Å². The molecule has 0 aliphatic carbocycles. The lowest BCUT2D eigenvalue weighted by molar-refractivity contribution is -0.119. The minimum Gasteiger partial charge on any atom is -0.399 e. The number of nitrogen functional groups attached to an aromatic ring is 1. The number of anilines is 1. The lowest BCUT2D eigenvalue weighted by Crippen LogP contribution is -2.38. The van der Waals surface area contributed by atoms with Crippen molar-refractivity contribution in [2.75, 3.05) is 25.2 Å². The first-order valence-corrected chi connectivity index (χ1v) is 6.97. The van der Waals surface area contributed by atoms with Crippen molar-refractivity contribution in [2.45, 2.75) is 17.9 Å². The monoisotopic (exact) mass is 288 g/mol. The Labute approximate surface area is 113 Å². The molecule has 0 aliphatic heterocycles. The van der Waals surface area contributed by atoms with Gasteiger partial charge in [-0.1, -0.05) is 0 Å². The molecule has 1 rings (SSSR count). The van der Waals surface area contributed by atoms with E-state index in [1.807, 2.05) is 0 Å². The van der Waals surface area contributed by atoms with E-state index in [9.17, 15) is 13.4 Å². The first-order chi connectivity index (χ1) is 8.92. The van der Waals surface area contributed by atoms with Crippen LogP contribution in [-0.2, 0) is 20.3 Å². The molecule has 0 fully saturated rings. The van der Waals surface area contributed by atoms with E-state index in [2.05, 4.69) is 5.32 Å². The number of nitrogens with one attached hydrogen (secondary N) is 1. The average molecular weight is 288 g/mol. The number of amides is 1. The highest BCUT2D eigenvalue weighted by Gasteiger charge is 2.13. The number of hydrogen-bond acceptors (Lipinski definition) is 4. The maximum Gasteiger partial charge on any atom is 0.233 e.